The molecule has 0 heterocycles. The van der Waals surface area contributed by atoms with Gasteiger partial charge >= 0.3 is 0 Å². The van der Waals surface area contributed by atoms with Gasteiger partial charge in [0.25, 0.3) is 11.8 Å². The highest BCUT2D eigenvalue weighted by atomic mass is 16.5. The standard InChI is InChI=1S/C23H28N4O3/c1-4-25-15-19-9-7-17(8-10-19)5-6-18-11-13-20(14-12-18)22(28)26-21(16(2)24-3)23(29)27-30/h7-14,16,21,24-25,30H,4,15H2,1-3H3,(H,26,28)(H,27,29). The molecule has 0 aliphatic carbocycles. The summed E-state index contributed by atoms with van der Waals surface area (Å²) in [5.41, 5.74) is 4.87. The van der Waals surface area contributed by atoms with E-state index in [0.717, 1.165) is 24.2 Å². The molecule has 2 unspecified atom stereocenters. The van der Waals surface area contributed by atoms with E-state index in [0.29, 0.717) is 5.56 Å². The number of hydroxylamine groups is 1. The van der Waals surface area contributed by atoms with Crippen molar-refractivity contribution in [2.75, 3.05) is 13.6 Å². The number of amides is 2. The largest absolute Gasteiger partial charge is 0.339 e. The second-order valence-corrected chi connectivity index (χ2v) is 6.81. The minimum absolute atomic E-state index is 0.365. The van der Waals surface area contributed by atoms with Gasteiger partial charge in [-0.05, 0) is 62.5 Å². The summed E-state index contributed by atoms with van der Waals surface area (Å²) in [4.78, 5) is 24.2. The van der Waals surface area contributed by atoms with Crippen LogP contribution in [-0.2, 0) is 11.3 Å². The van der Waals surface area contributed by atoms with E-state index < -0.39 is 17.9 Å². The summed E-state index contributed by atoms with van der Waals surface area (Å²) in [6.45, 7) is 5.56. The van der Waals surface area contributed by atoms with Crippen LogP contribution in [0.5, 0.6) is 0 Å². The van der Waals surface area contributed by atoms with Crippen LogP contribution in [-0.4, -0.2) is 42.7 Å². The first-order valence-electron chi connectivity index (χ1n) is 9.82. The van der Waals surface area contributed by atoms with Gasteiger partial charge in [0.2, 0.25) is 0 Å². The number of carbonyl (C=O) groups is 2. The van der Waals surface area contributed by atoms with Crippen molar-refractivity contribution in [3.8, 4) is 11.8 Å². The normalized spacial score (nSPS) is 12.3. The number of likely N-dealkylation sites (N-methyl/N-ethyl adjacent to an activating group) is 1. The van der Waals surface area contributed by atoms with Crippen LogP contribution in [0.4, 0.5) is 0 Å². The molecule has 0 spiro atoms. The lowest BCUT2D eigenvalue weighted by Gasteiger charge is -2.22. The number of hydrogen-bond donors (Lipinski definition) is 5. The molecule has 2 rings (SSSR count). The van der Waals surface area contributed by atoms with E-state index in [1.54, 1.807) is 43.7 Å². The van der Waals surface area contributed by atoms with Gasteiger partial charge in [-0.2, -0.15) is 0 Å². The third kappa shape index (κ3) is 6.71. The van der Waals surface area contributed by atoms with Gasteiger partial charge < -0.3 is 16.0 Å². The summed E-state index contributed by atoms with van der Waals surface area (Å²) in [6, 6.07) is 13.6. The van der Waals surface area contributed by atoms with Crippen molar-refractivity contribution < 1.29 is 14.8 Å². The Morgan fingerprint density at radius 2 is 1.57 bits per heavy atom. The minimum atomic E-state index is -0.914. The van der Waals surface area contributed by atoms with Gasteiger partial charge in [0.05, 0.1) is 0 Å². The number of benzene rings is 2. The topological polar surface area (TPSA) is 102 Å². The Kier molecular flexibility index (Phi) is 9.03. The molecular weight excluding hydrogens is 380 g/mol. The zero-order valence-corrected chi connectivity index (χ0v) is 17.5. The molecule has 7 heteroatoms. The molecule has 2 aromatic carbocycles. The van der Waals surface area contributed by atoms with Gasteiger partial charge in [-0.3, -0.25) is 14.8 Å². The predicted molar refractivity (Wildman–Crippen MR) is 116 cm³/mol. The average molecular weight is 409 g/mol. The van der Waals surface area contributed by atoms with E-state index in [9.17, 15) is 9.59 Å². The zero-order chi connectivity index (χ0) is 21.9. The maximum Gasteiger partial charge on any atom is 0.267 e. The molecule has 7 nitrogen and oxygen atoms in total. The Bertz CT molecular complexity index is 899. The maximum atomic E-state index is 12.5. The van der Waals surface area contributed by atoms with Crippen LogP contribution in [0.3, 0.4) is 0 Å². The molecule has 0 aliphatic heterocycles. The lowest BCUT2D eigenvalue weighted by Crippen LogP contribution is -2.55. The monoisotopic (exact) mass is 408 g/mol. The molecule has 0 aromatic heterocycles. The second-order valence-electron chi connectivity index (χ2n) is 6.81. The average Bonchev–Trinajstić information content (AvgIpc) is 2.79. The quantitative estimate of drug-likeness (QED) is 0.258. The molecule has 0 saturated carbocycles. The molecule has 2 aromatic rings. The first kappa shape index (κ1) is 23.1. The summed E-state index contributed by atoms with van der Waals surface area (Å²) in [5, 5.41) is 17.7. The lowest BCUT2D eigenvalue weighted by molar-refractivity contribution is -0.131. The summed E-state index contributed by atoms with van der Waals surface area (Å²) >= 11 is 0. The molecule has 2 amide bonds. The highest BCUT2D eigenvalue weighted by Crippen LogP contribution is 2.07. The van der Waals surface area contributed by atoms with Gasteiger partial charge in [0.15, 0.2) is 0 Å². The van der Waals surface area contributed by atoms with Gasteiger partial charge in [-0.1, -0.05) is 30.9 Å². The highest BCUT2D eigenvalue weighted by Gasteiger charge is 2.26. The van der Waals surface area contributed by atoms with Gasteiger partial charge in [-0.15, -0.1) is 0 Å². The van der Waals surface area contributed by atoms with Crippen molar-refractivity contribution in [3.05, 3.63) is 70.8 Å². The van der Waals surface area contributed by atoms with Crippen molar-refractivity contribution in [1.29, 1.82) is 0 Å². The SMILES string of the molecule is CCNCc1ccc(C#Cc2ccc(C(=O)NC(C(=O)NO)C(C)NC)cc2)cc1. The van der Waals surface area contributed by atoms with Crippen LogP contribution in [0.1, 0.15) is 40.9 Å². The second kappa shape index (κ2) is 11.7. The van der Waals surface area contributed by atoms with E-state index in [1.165, 1.54) is 5.56 Å². The van der Waals surface area contributed by atoms with Crippen LogP contribution in [0.2, 0.25) is 0 Å². The third-order valence-electron chi connectivity index (χ3n) is 4.67. The predicted octanol–water partition coefficient (Wildman–Crippen LogP) is 1.41. The van der Waals surface area contributed by atoms with Crippen molar-refractivity contribution in [3.63, 3.8) is 0 Å². The van der Waals surface area contributed by atoms with Crippen molar-refractivity contribution in [2.45, 2.75) is 32.5 Å². The molecule has 0 saturated heterocycles. The first-order chi connectivity index (χ1) is 14.5. The molecule has 0 radical (unpaired) electrons. The van der Waals surface area contributed by atoms with Crippen molar-refractivity contribution in [2.24, 2.45) is 0 Å². The Balaban J connectivity index is 2.03. The van der Waals surface area contributed by atoms with E-state index in [-0.39, 0.29) is 6.04 Å². The van der Waals surface area contributed by atoms with E-state index in [4.69, 9.17) is 5.21 Å². The molecule has 2 atom stereocenters. The van der Waals surface area contributed by atoms with Crippen LogP contribution >= 0.6 is 0 Å². The molecule has 0 bridgehead atoms. The fraction of sp³-hybridized carbons (Fsp3) is 0.304. The smallest absolute Gasteiger partial charge is 0.267 e. The minimum Gasteiger partial charge on any atom is -0.339 e. The Hall–Kier alpha value is -3.18. The fourth-order valence-corrected chi connectivity index (χ4v) is 2.70. The molecule has 158 valence electrons. The number of hydrogen-bond acceptors (Lipinski definition) is 5. The van der Waals surface area contributed by atoms with Crippen LogP contribution in [0.15, 0.2) is 48.5 Å². The lowest BCUT2D eigenvalue weighted by atomic mass is 10.1. The molecule has 0 fully saturated rings. The van der Waals surface area contributed by atoms with Gasteiger partial charge in [0, 0.05) is 29.3 Å². The van der Waals surface area contributed by atoms with Crippen LogP contribution < -0.4 is 21.4 Å². The van der Waals surface area contributed by atoms with Crippen molar-refractivity contribution >= 4 is 11.8 Å². The number of rotatable bonds is 8. The first-order valence-corrected chi connectivity index (χ1v) is 9.82. The zero-order valence-electron chi connectivity index (χ0n) is 17.5. The Morgan fingerprint density at radius 3 is 2.07 bits per heavy atom. The number of carbonyl (C=O) groups excluding carboxylic acids is 2. The molecule has 0 aliphatic rings. The summed E-state index contributed by atoms with van der Waals surface area (Å²) < 4.78 is 0. The summed E-state index contributed by atoms with van der Waals surface area (Å²) in [7, 11) is 1.66. The Labute approximate surface area is 177 Å². The van der Waals surface area contributed by atoms with Crippen LogP contribution in [0, 0.1) is 11.8 Å². The van der Waals surface area contributed by atoms with Crippen molar-refractivity contribution in [1.82, 2.24) is 21.4 Å². The maximum absolute atomic E-state index is 12.5. The highest BCUT2D eigenvalue weighted by molar-refractivity contribution is 5.97. The Morgan fingerprint density at radius 1 is 1.00 bits per heavy atom. The molecule has 5 N–H and O–H groups in total. The third-order valence-corrected chi connectivity index (χ3v) is 4.67. The van der Waals surface area contributed by atoms with E-state index in [1.807, 2.05) is 24.3 Å². The number of nitrogens with one attached hydrogen (secondary N) is 4. The van der Waals surface area contributed by atoms with Gasteiger partial charge in [0.1, 0.15) is 6.04 Å². The molecule has 30 heavy (non-hydrogen) atoms. The van der Waals surface area contributed by atoms with Gasteiger partial charge in [-0.25, -0.2) is 5.48 Å². The van der Waals surface area contributed by atoms with Crippen LogP contribution in [0.25, 0.3) is 0 Å². The fourth-order valence-electron chi connectivity index (χ4n) is 2.70. The van der Waals surface area contributed by atoms with E-state index >= 15 is 0 Å². The summed E-state index contributed by atoms with van der Waals surface area (Å²) in [6.07, 6.45) is 0. The van der Waals surface area contributed by atoms with E-state index in [2.05, 4.69) is 34.7 Å². The summed E-state index contributed by atoms with van der Waals surface area (Å²) in [5.74, 6) is 5.09. The molecular formula is C23H28N4O3.